The van der Waals surface area contributed by atoms with Crippen molar-refractivity contribution in [3.05, 3.63) is 125 Å². The Morgan fingerprint density at radius 2 is 1.42 bits per heavy atom. The summed E-state index contributed by atoms with van der Waals surface area (Å²) in [5, 5.41) is 5.14. The molecule has 0 aliphatic heterocycles. The lowest BCUT2D eigenvalue weighted by atomic mass is 9.79. The molecule has 0 fully saturated rings. The molecule has 4 aromatic rings. The number of allylic oxidation sites excluding steroid dienone is 3. The van der Waals surface area contributed by atoms with Crippen LogP contribution in [0.2, 0.25) is 0 Å². The van der Waals surface area contributed by atoms with E-state index < -0.39 is 0 Å². The maximum Gasteiger partial charge on any atom is 0.0458 e. The van der Waals surface area contributed by atoms with Crippen LogP contribution in [0.5, 0.6) is 0 Å². The third-order valence-electron chi connectivity index (χ3n) is 7.15. The topological polar surface area (TPSA) is 3.24 Å². The number of aryl methyl sites for hydroxylation is 1. The van der Waals surface area contributed by atoms with E-state index in [4.69, 9.17) is 0 Å². The second-order valence-corrected chi connectivity index (χ2v) is 8.89. The van der Waals surface area contributed by atoms with Crippen LogP contribution < -0.4 is 15.3 Å². The largest absolute Gasteiger partial charge is 0.314 e. The minimum Gasteiger partial charge on any atom is -0.314 e. The van der Waals surface area contributed by atoms with Crippen LogP contribution in [0.15, 0.2) is 97.6 Å². The van der Waals surface area contributed by atoms with Crippen LogP contribution in [0.3, 0.4) is 0 Å². The van der Waals surface area contributed by atoms with Crippen molar-refractivity contribution in [3.8, 4) is 0 Å². The van der Waals surface area contributed by atoms with Gasteiger partial charge in [0.05, 0.1) is 0 Å². The average Bonchev–Trinajstić information content (AvgIpc) is 2.88. The standard InChI is InChI=1S/C32H27N/c1-3-23-12-10-18-27-28-20-21-30(29-19-11-17-26(32(28)29)22(2)31(23)27)33(24-13-6-4-7-14-24)25-15-8-5-9-16-25/h3-9,11-17,19H,1-2,10,18,20-21H2. The van der Waals surface area contributed by atoms with Crippen molar-refractivity contribution in [3.63, 3.8) is 0 Å². The average molecular weight is 426 g/mol. The van der Waals surface area contributed by atoms with Gasteiger partial charge in [-0.3, -0.25) is 0 Å². The number of nitrogens with zero attached hydrogens (tertiary/aromatic N) is 1. The number of hydrogen-bond donors (Lipinski definition) is 0. The van der Waals surface area contributed by atoms with Gasteiger partial charge in [0.2, 0.25) is 0 Å². The molecule has 6 rings (SSSR count). The van der Waals surface area contributed by atoms with Gasteiger partial charge in [-0.25, -0.2) is 0 Å². The third kappa shape index (κ3) is 3.08. The van der Waals surface area contributed by atoms with E-state index in [1.54, 1.807) is 0 Å². The van der Waals surface area contributed by atoms with Gasteiger partial charge in [-0.05, 0) is 88.2 Å². The van der Waals surface area contributed by atoms with Crippen LogP contribution in [0.25, 0.3) is 28.6 Å². The lowest BCUT2D eigenvalue weighted by molar-refractivity contribution is 0.905. The van der Waals surface area contributed by atoms with E-state index in [-0.39, 0.29) is 0 Å². The van der Waals surface area contributed by atoms with Gasteiger partial charge in [-0.1, -0.05) is 79.9 Å². The molecule has 2 aliphatic carbocycles. The fraction of sp³-hybridized carbons (Fsp3) is 0.125. The summed E-state index contributed by atoms with van der Waals surface area (Å²) in [7, 11) is 0. The highest BCUT2D eigenvalue weighted by Crippen LogP contribution is 2.37. The van der Waals surface area contributed by atoms with E-state index in [0.717, 1.165) is 30.9 Å². The summed E-state index contributed by atoms with van der Waals surface area (Å²) in [6, 6.07) is 28.2. The van der Waals surface area contributed by atoms with Crippen molar-refractivity contribution in [2.24, 2.45) is 0 Å². The number of fused-ring (bicyclic) bond motifs is 2. The molecule has 0 heterocycles. The summed E-state index contributed by atoms with van der Waals surface area (Å²) in [5.74, 6) is 0. The van der Waals surface area contributed by atoms with E-state index in [0.29, 0.717) is 0 Å². The molecule has 1 nitrogen and oxygen atoms in total. The lowest BCUT2D eigenvalue weighted by Gasteiger charge is -2.32. The molecule has 0 unspecified atom stereocenters. The highest BCUT2D eigenvalue weighted by molar-refractivity contribution is 5.97. The molecule has 160 valence electrons. The zero-order valence-electron chi connectivity index (χ0n) is 18.9. The Morgan fingerprint density at radius 1 is 0.727 bits per heavy atom. The highest BCUT2D eigenvalue weighted by Gasteiger charge is 2.25. The SMILES string of the molecule is C=CC1=CCCc2c1c(=C)c1cccc3c1c2CCC=3N(c1ccccc1)c1ccccc1. The van der Waals surface area contributed by atoms with E-state index in [2.05, 4.69) is 103 Å². The highest BCUT2D eigenvalue weighted by atomic mass is 15.1. The Bertz CT molecular complexity index is 1490. The minimum absolute atomic E-state index is 1.01. The van der Waals surface area contributed by atoms with Gasteiger partial charge in [0.1, 0.15) is 0 Å². The van der Waals surface area contributed by atoms with Gasteiger partial charge in [0.15, 0.2) is 0 Å². The molecule has 0 radical (unpaired) electrons. The number of benzene rings is 4. The quantitative estimate of drug-likeness (QED) is 0.353. The maximum atomic E-state index is 4.58. The first-order valence-electron chi connectivity index (χ1n) is 11.8. The third-order valence-corrected chi connectivity index (χ3v) is 7.15. The fourth-order valence-electron chi connectivity index (χ4n) is 5.77. The summed E-state index contributed by atoms with van der Waals surface area (Å²) in [6.07, 6.45) is 8.54. The molecule has 0 aromatic heterocycles. The molecule has 33 heavy (non-hydrogen) atoms. The van der Waals surface area contributed by atoms with Gasteiger partial charge in [0.25, 0.3) is 0 Å². The Labute approximate surface area is 195 Å². The molecule has 0 bridgehead atoms. The van der Waals surface area contributed by atoms with Gasteiger partial charge in [0, 0.05) is 22.3 Å². The van der Waals surface area contributed by atoms with Crippen LogP contribution in [-0.2, 0) is 12.8 Å². The van der Waals surface area contributed by atoms with E-state index in [1.807, 2.05) is 6.08 Å². The Hall–Kier alpha value is -3.84. The molecular weight excluding hydrogens is 398 g/mol. The first kappa shape index (κ1) is 19.8. The van der Waals surface area contributed by atoms with Crippen molar-refractivity contribution in [1.82, 2.24) is 0 Å². The van der Waals surface area contributed by atoms with Crippen molar-refractivity contribution >= 4 is 40.0 Å². The van der Waals surface area contributed by atoms with Gasteiger partial charge in [-0.2, -0.15) is 0 Å². The van der Waals surface area contributed by atoms with Crippen molar-refractivity contribution in [2.45, 2.75) is 25.7 Å². The minimum atomic E-state index is 1.01. The Kier molecular flexibility index (Phi) is 4.77. The zero-order chi connectivity index (χ0) is 22.4. The van der Waals surface area contributed by atoms with Crippen LogP contribution in [0.1, 0.15) is 29.5 Å². The van der Waals surface area contributed by atoms with E-state index in [9.17, 15) is 0 Å². The molecule has 0 saturated carbocycles. The monoisotopic (exact) mass is 425 g/mol. The number of para-hydroxylation sites is 2. The Morgan fingerprint density at radius 3 is 2.09 bits per heavy atom. The van der Waals surface area contributed by atoms with Gasteiger partial charge in [-0.15, -0.1) is 0 Å². The van der Waals surface area contributed by atoms with Gasteiger partial charge < -0.3 is 4.90 Å². The molecule has 0 atom stereocenters. The van der Waals surface area contributed by atoms with E-state index in [1.165, 1.54) is 55.3 Å². The van der Waals surface area contributed by atoms with E-state index >= 15 is 0 Å². The summed E-state index contributed by atoms with van der Waals surface area (Å²) in [4.78, 5) is 2.44. The first-order valence-corrected chi connectivity index (χ1v) is 11.8. The number of hydrogen-bond acceptors (Lipinski definition) is 1. The van der Waals surface area contributed by atoms with Crippen LogP contribution in [-0.4, -0.2) is 0 Å². The second kappa shape index (κ2) is 7.94. The van der Waals surface area contributed by atoms with Crippen molar-refractivity contribution < 1.29 is 0 Å². The van der Waals surface area contributed by atoms with Gasteiger partial charge >= 0.3 is 0 Å². The zero-order valence-corrected chi connectivity index (χ0v) is 18.9. The summed E-state index contributed by atoms with van der Waals surface area (Å²) < 4.78 is 0. The van der Waals surface area contributed by atoms with Crippen molar-refractivity contribution in [1.29, 1.82) is 0 Å². The number of rotatable bonds is 4. The molecule has 2 aliphatic rings. The predicted octanol–water partition coefficient (Wildman–Crippen LogP) is 6.66. The molecule has 0 N–H and O–H groups in total. The molecular formula is C32H27N. The van der Waals surface area contributed by atoms with Crippen molar-refractivity contribution in [2.75, 3.05) is 4.90 Å². The van der Waals surface area contributed by atoms with Crippen LogP contribution in [0, 0.1) is 0 Å². The molecule has 0 amide bonds. The normalized spacial score (nSPS) is 14.5. The van der Waals surface area contributed by atoms with Crippen LogP contribution in [0.4, 0.5) is 11.4 Å². The first-order chi connectivity index (χ1) is 16.3. The number of anilines is 2. The Balaban J connectivity index is 1.72. The molecule has 0 saturated heterocycles. The fourth-order valence-corrected chi connectivity index (χ4v) is 5.77. The summed E-state index contributed by atoms with van der Waals surface area (Å²) in [6.45, 7) is 8.66. The lowest BCUT2D eigenvalue weighted by Crippen LogP contribution is -2.29. The smallest absolute Gasteiger partial charge is 0.0458 e. The molecule has 1 heteroatoms. The second-order valence-electron chi connectivity index (χ2n) is 8.89. The summed E-state index contributed by atoms with van der Waals surface area (Å²) in [5.41, 5.74) is 9.33. The predicted molar refractivity (Wildman–Crippen MR) is 142 cm³/mol. The van der Waals surface area contributed by atoms with Crippen LogP contribution >= 0.6 is 0 Å². The molecule has 0 spiro atoms. The summed E-state index contributed by atoms with van der Waals surface area (Å²) >= 11 is 0. The molecule has 4 aromatic carbocycles. The maximum absolute atomic E-state index is 4.58.